The fourth-order valence-electron chi connectivity index (χ4n) is 1.75. The second-order valence-corrected chi connectivity index (χ2v) is 4.95. The number of piperazine rings is 1. The normalized spacial score (nSPS) is 17.7. The largest absolute Gasteiger partial charge is 0.354 e. The van der Waals surface area contributed by atoms with Crippen molar-refractivity contribution >= 4 is 5.91 Å². The van der Waals surface area contributed by atoms with Crippen LogP contribution in [-0.2, 0) is 4.79 Å². The average Bonchev–Trinajstić information content (AvgIpc) is 2.30. The smallest absolute Gasteiger partial charge is 0.234 e. The molecule has 1 aliphatic rings. The molecule has 5 heteroatoms. The number of rotatable bonds is 6. The molecule has 2 N–H and O–H groups in total. The van der Waals surface area contributed by atoms with Crippen molar-refractivity contribution in [2.45, 2.75) is 19.9 Å². The van der Waals surface area contributed by atoms with Crippen LogP contribution >= 0.6 is 0 Å². The highest BCUT2D eigenvalue weighted by Gasteiger charge is 2.11. The molecule has 1 heterocycles. The van der Waals surface area contributed by atoms with Gasteiger partial charge in [-0.1, -0.05) is 0 Å². The second kappa shape index (κ2) is 7.63. The Kier molecular flexibility index (Phi) is 6.47. The number of carbonyl (C=O) groups excluding carboxylic acids is 1. The number of amides is 1. The van der Waals surface area contributed by atoms with E-state index in [0.717, 1.165) is 39.3 Å². The van der Waals surface area contributed by atoms with Gasteiger partial charge in [0.1, 0.15) is 0 Å². The summed E-state index contributed by atoms with van der Waals surface area (Å²) in [4.78, 5) is 16.0. The van der Waals surface area contributed by atoms with Gasteiger partial charge in [0.2, 0.25) is 5.91 Å². The van der Waals surface area contributed by atoms with Gasteiger partial charge in [-0.25, -0.2) is 0 Å². The molecular formula is C12H26N4O. The van der Waals surface area contributed by atoms with Crippen LogP contribution in [0.2, 0.25) is 0 Å². The van der Waals surface area contributed by atoms with Gasteiger partial charge in [0.25, 0.3) is 0 Å². The maximum absolute atomic E-state index is 11.6. The first-order valence-electron chi connectivity index (χ1n) is 6.49. The number of likely N-dealkylation sites (N-methyl/N-ethyl adjacent to an activating group) is 1. The van der Waals surface area contributed by atoms with E-state index in [2.05, 4.69) is 29.4 Å². The minimum Gasteiger partial charge on any atom is -0.354 e. The maximum atomic E-state index is 11.6. The van der Waals surface area contributed by atoms with E-state index in [9.17, 15) is 4.79 Å². The number of carbonyl (C=O) groups is 1. The Morgan fingerprint density at radius 1 is 1.41 bits per heavy atom. The Bertz CT molecular complexity index is 227. The molecule has 0 aromatic rings. The van der Waals surface area contributed by atoms with Gasteiger partial charge in [-0.3, -0.25) is 14.6 Å². The molecule has 1 rings (SSSR count). The lowest BCUT2D eigenvalue weighted by Gasteiger charge is -2.27. The molecule has 5 nitrogen and oxygen atoms in total. The molecular weight excluding hydrogens is 216 g/mol. The predicted molar refractivity (Wildman–Crippen MR) is 70.1 cm³/mol. The molecule has 1 fully saturated rings. The molecule has 0 aromatic heterocycles. The van der Waals surface area contributed by atoms with Crippen molar-refractivity contribution < 1.29 is 4.79 Å². The van der Waals surface area contributed by atoms with E-state index in [1.54, 1.807) is 0 Å². The van der Waals surface area contributed by atoms with E-state index in [4.69, 9.17) is 0 Å². The quantitative estimate of drug-likeness (QED) is 0.650. The molecule has 1 aliphatic heterocycles. The van der Waals surface area contributed by atoms with Gasteiger partial charge in [-0.15, -0.1) is 0 Å². The Morgan fingerprint density at radius 3 is 2.65 bits per heavy atom. The van der Waals surface area contributed by atoms with E-state index >= 15 is 0 Å². The van der Waals surface area contributed by atoms with Gasteiger partial charge in [0.05, 0.1) is 6.54 Å². The van der Waals surface area contributed by atoms with Gasteiger partial charge in [0.15, 0.2) is 0 Å². The first kappa shape index (κ1) is 14.4. The number of nitrogens with zero attached hydrogens (tertiary/aromatic N) is 2. The van der Waals surface area contributed by atoms with Gasteiger partial charge in [-0.05, 0) is 20.9 Å². The molecule has 1 amide bonds. The van der Waals surface area contributed by atoms with Crippen LogP contribution in [0.3, 0.4) is 0 Å². The standard InChI is InChI=1S/C12H26N4O/c1-11(2)15(3)10-12(17)14-6-9-16-7-4-13-5-8-16/h11,13H,4-10H2,1-3H3,(H,14,17). The summed E-state index contributed by atoms with van der Waals surface area (Å²) in [6.07, 6.45) is 0. The molecule has 0 aliphatic carbocycles. The zero-order chi connectivity index (χ0) is 12.7. The molecule has 100 valence electrons. The monoisotopic (exact) mass is 242 g/mol. The summed E-state index contributed by atoms with van der Waals surface area (Å²) in [5, 5.41) is 6.29. The summed E-state index contributed by atoms with van der Waals surface area (Å²) in [7, 11) is 1.97. The molecule has 0 radical (unpaired) electrons. The van der Waals surface area contributed by atoms with Crippen LogP contribution in [0.1, 0.15) is 13.8 Å². The molecule has 0 unspecified atom stereocenters. The van der Waals surface area contributed by atoms with Crippen LogP contribution < -0.4 is 10.6 Å². The van der Waals surface area contributed by atoms with Crippen molar-refractivity contribution in [1.82, 2.24) is 20.4 Å². The third kappa shape index (κ3) is 6.00. The number of hydrogen-bond acceptors (Lipinski definition) is 4. The zero-order valence-electron chi connectivity index (χ0n) is 11.3. The fourth-order valence-corrected chi connectivity index (χ4v) is 1.75. The summed E-state index contributed by atoms with van der Waals surface area (Å²) < 4.78 is 0. The Morgan fingerprint density at radius 2 is 2.06 bits per heavy atom. The van der Waals surface area contributed by atoms with Crippen molar-refractivity contribution in [2.75, 3.05) is 52.9 Å². The first-order chi connectivity index (χ1) is 8.09. The van der Waals surface area contributed by atoms with Crippen LogP contribution in [0.4, 0.5) is 0 Å². The van der Waals surface area contributed by atoms with Crippen molar-refractivity contribution in [3.05, 3.63) is 0 Å². The van der Waals surface area contributed by atoms with Gasteiger partial charge in [-0.2, -0.15) is 0 Å². The van der Waals surface area contributed by atoms with E-state index in [1.807, 2.05) is 11.9 Å². The summed E-state index contributed by atoms with van der Waals surface area (Å²) in [6, 6.07) is 0.411. The van der Waals surface area contributed by atoms with Crippen molar-refractivity contribution in [2.24, 2.45) is 0 Å². The van der Waals surface area contributed by atoms with E-state index in [-0.39, 0.29) is 5.91 Å². The molecule has 0 saturated carbocycles. The van der Waals surface area contributed by atoms with Crippen molar-refractivity contribution in [1.29, 1.82) is 0 Å². The predicted octanol–water partition coefficient (Wildman–Crippen LogP) is -0.652. The highest BCUT2D eigenvalue weighted by molar-refractivity contribution is 5.77. The highest BCUT2D eigenvalue weighted by atomic mass is 16.2. The highest BCUT2D eigenvalue weighted by Crippen LogP contribution is 1.92. The third-order valence-corrected chi connectivity index (χ3v) is 3.23. The molecule has 1 saturated heterocycles. The topological polar surface area (TPSA) is 47.6 Å². The minimum absolute atomic E-state index is 0.122. The Labute approximate surface area is 105 Å². The Hall–Kier alpha value is -0.650. The maximum Gasteiger partial charge on any atom is 0.234 e. The van der Waals surface area contributed by atoms with Gasteiger partial charge < -0.3 is 10.6 Å². The summed E-state index contributed by atoms with van der Waals surface area (Å²) in [6.45, 7) is 10.7. The number of hydrogen-bond donors (Lipinski definition) is 2. The van der Waals surface area contributed by atoms with Crippen LogP contribution in [0, 0.1) is 0 Å². The van der Waals surface area contributed by atoms with Gasteiger partial charge in [0, 0.05) is 45.3 Å². The van der Waals surface area contributed by atoms with Crippen molar-refractivity contribution in [3.63, 3.8) is 0 Å². The van der Waals surface area contributed by atoms with Gasteiger partial charge >= 0.3 is 0 Å². The second-order valence-electron chi connectivity index (χ2n) is 4.95. The molecule has 0 spiro atoms. The van der Waals surface area contributed by atoms with Crippen molar-refractivity contribution in [3.8, 4) is 0 Å². The van der Waals surface area contributed by atoms with Crippen LogP contribution in [0.15, 0.2) is 0 Å². The minimum atomic E-state index is 0.122. The van der Waals surface area contributed by atoms with Crippen LogP contribution in [0.5, 0.6) is 0 Å². The summed E-state index contributed by atoms with van der Waals surface area (Å²) in [5.74, 6) is 0.122. The fraction of sp³-hybridized carbons (Fsp3) is 0.917. The van der Waals surface area contributed by atoms with E-state index in [1.165, 1.54) is 0 Å². The van der Waals surface area contributed by atoms with Crippen LogP contribution in [-0.4, -0.2) is 74.6 Å². The lowest BCUT2D eigenvalue weighted by Crippen LogP contribution is -2.47. The first-order valence-corrected chi connectivity index (χ1v) is 6.49. The van der Waals surface area contributed by atoms with Crippen LogP contribution in [0.25, 0.3) is 0 Å². The third-order valence-electron chi connectivity index (χ3n) is 3.23. The SMILES string of the molecule is CC(C)N(C)CC(=O)NCCN1CCNCC1. The zero-order valence-corrected chi connectivity index (χ0v) is 11.3. The molecule has 0 bridgehead atoms. The lowest BCUT2D eigenvalue weighted by molar-refractivity contribution is -0.122. The lowest BCUT2D eigenvalue weighted by atomic mass is 10.3. The van der Waals surface area contributed by atoms with E-state index in [0.29, 0.717) is 12.6 Å². The number of nitrogens with one attached hydrogen (secondary N) is 2. The molecule has 0 atom stereocenters. The average molecular weight is 242 g/mol. The van der Waals surface area contributed by atoms with E-state index < -0.39 is 0 Å². The summed E-state index contributed by atoms with van der Waals surface area (Å²) >= 11 is 0. The Balaban J connectivity index is 2.07. The summed E-state index contributed by atoms with van der Waals surface area (Å²) in [5.41, 5.74) is 0. The molecule has 0 aromatic carbocycles. The molecule has 17 heavy (non-hydrogen) atoms.